The molecule has 2 aliphatic heterocycles. The minimum Gasteiger partial charge on any atom is -0.338 e. The molecule has 23 heavy (non-hydrogen) atoms. The van der Waals surface area contributed by atoms with E-state index in [-0.39, 0.29) is 17.5 Å². The number of carbonyl (C=O) groups is 3. The Labute approximate surface area is 130 Å². The van der Waals surface area contributed by atoms with Crippen molar-refractivity contribution in [1.29, 1.82) is 0 Å². The highest BCUT2D eigenvalue weighted by Crippen LogP contribution is 2.26. The number of hydrogen-bond acceptors (Lipinski definition) is 5. The fraction of sp³-hybridized carbons (Fsp3) is 0.357. The number of imide groups is 1. The van der Waals surface area contributed by atoms with Crippen LogP contribution in [-0.4, -0.2) is 46.3 Å². The van der Waals surface area contributed by atoms with Gasteiger partial charge in [-0.1, -0.05) is 0 Å². The molecule has 4 amide bonds. The predicted octanol–water partition coefficient (Wildman–Crippen LogP) is 0.409. The molecule has 0 bridgehead atoms. The van der Waals surface area contributed by atoms with Gasteiger partial charge in [-0.3, -0.25) is 25.0 Å². The largest absolute Gasteiger partial charge is 0.338 e. The number of nitrogens with one attached hydrogen (secondary N) is 2. The van der Waals surface area contributed by atoms with Crippen LogP contribution in [0.2, 0.25) is 0 Å². The molecule has 0 unspecified atom stereocenters. The number of amides is 4. The van der Waals surface area contributed by atoms with Gasteiger partial charge in [0.2, 0.25) is 0 Å². The molecule has 0 aliphatic carbocycles. The van der Waals surface area contributed by atoms with Gasteiger partial charge in [-0.05, 0) is 25.0 Å². The monoisotopic (exact) mass is 318 g/mol. The number of piperidine rings is 1. The number of hydrogen-bond donors (Lipinski definition) is 2. The molecule has 0 atom stereocenters. The van der Waals surface area contributed by atoms with Crippen molar-refractivity contribution in [2.24, 2.45) is 0 Å². The first-order chi connectivity index (χ1) is 10.9. The number of nitro groups is 1. The van der Waals surface area contributed by atoms with Crippen molar-refractivity contribution in [3.63, 3.8) is 0 Å². The Bertz CT molecular complexity index is 692. The van der Waals surface area contributed by atoms with Crippen LogP contribution in [0.15, 0.2) is 24.3 Å². The zero-order valence-electron chi connectivity index (χ0n) is 12.1. The number of carbonyl (C=O) groups excluding carboxylic acids is 3. The van der Waals surface area contributed by atoms with Crippen molar-refractivity contribution in [2.75, 3.05) is 13.1 Å². The average molecular weight is 318 g/mol. The highest BCUT2D eigenvalue weighted by atomic mass is 16.6. The zero-order chi connectivity index (χ0) is 16.6. The zero-order valence-corrected chi connectivity index (χ0v) is 12.1. The molecule has 120 valence electrons. The Morgan fingerprint density at radius 2 is 1.78 bits per heavy atom. The van der Waals surface area contributed by atoms with Gasteiger partial charge >= 0.3 is 6.03 Å². The normalized spacial score (nSPS) is 19.4. The van der Waals surface area contributed by atoms with E-state index in [1.165, 1.54) is 24.3 Å². The minimum atomic E-state index is -0.927. The molecular weight excluding hydrogens is 304 g/mol. The predicted molar refractivity (Wildman–Crippen MR) is 77.6 cm³/mol. The SMILES string of the molecule is O=C1NC(=O)C2(CCN(C(=O)c3ccc([N+](=O)[O-])cc3)CC2)N1. The summed E-state index contributed by atoms with van der Waals surface area (Å²) >= 11 is 0. The lowest BCUT2D eigenvalue weighted by Crippen LogP contribution is -2.55. The molecule has 9 nitrogen and oxygen atoms in total. The molecule has 0 aromatic heterocycles. The summed E-state index contributed by atoms with van der Waals surface area (Å²) in [7, 11) is 0. The van der Waals surface area contributed by atoms with Gasteiger partial charge in [0, 0.05) is 30.8 Å². The van der Waals surface area contributed by atoms with Gasteiger partial charge < -0.3 is 10.2 Å². The van der Waals surface area contributed by atoms with E-state index in [0.717, 1.165) is 0 Å². The van der Waals surface area contributed by atoms with E-state index < -0.39 is 16.5 Å². The van der Waals surface area contributed by atoms with Gasteiger partial charge in [0.15, 0.2) is 0 Å². The van der Waals surface area contributed by atoms with Crippen LogP contribution in [-0.2, 0) is 4.79 Å². The van der Waals surface area contributed by atoms with E-state index in [1.54, 1.807) is 4.90 Å². The summed E-state index contributed by atoms with van der Waals surface area (Å²) in [5.74, 6) is -0.607. The Balaban J connectivity index is 1.67. The van der Waals surface area contributed by atoms with Gasteiger partial charge in [0.1, 0.15) is 5.54 Å². The summed E-state index contributed by atoms with van der Waals surface area (Å²) in [4.78, 5) is 47.2. The lowest BCUT2D eigenvalue weighted by atomic mass is 9.87. The first-order valence-corrected chi connectivity index (χ1v) is 7.09. The molecule has 2 aliphatic rings. The quantitative estimate of drug-likeness (QED) is 0.464. The Kier molecular flexibility index (Phi) is 3.47. The van der Waals surface area contributed by atoms with Gasteiger partial charge in [0.05, 0.1) is 4.92 Å². The van der Waals surface area contributed by atoms with Crippen molar-refractivity contribution >= 4 is 23.5 Å². The third-order valence-electron chi connectivity index (χ3n) is 4.24. The molecule has 2 fully saturated rings. The summed E-state index contributed by atoms with van der Waals surface area (Å²) in [5, 5.41) is 15.5. The van der Waals surface area contributed by atoms with Gasteiger partial charge in [-0.2, -0.15) is 0 Å². The summed E-state index contributed by atoms with van der Waals surface area (Å²) in [6, 6.07) is 4.88. The minimum absolute atomic E-state index is 0.0792. The summed E-state index contributed by atoms with van der Waals surface area (Å²) in [6.45, 7) is 0.646. The van der Waals surface area contributed by atoms with Crippen molar-refractivity contribution in [1.82, 2.24) is 15.5 Å². The average Bonchev–Trinajstić information content (AvgIpc) is 2.81. The van der Waals surface area contributed by atoms with Crippen molar-refractivity contribution in [3.05, 3.63) is 39.9 Å². The number of likely N-dealkylation sites (tertiary alicyclic amines) is 1. The second-order valence-electron chi connectivity index (χ2n) is 5.59. The van der Waals surface area contributed by atoms with Crippen LogP contribution in [0.4, 0.5) is 10.5 Å². The molecule has 2 N–H and O–H groups in total. The number of non-ortho nitro benzene ring substituents is 1. The molecule has 2 saturated heterocycles. The first kappa shape index (κ1) is 14.9. The van der Waals surface area contributed by atoms with Crippen molar-refractivity contribution in [2.45, 2.75) is 18.4 Å². The van der Waals surface area contributed by atoms with Crippen LogP contribution in [0.5, 0.6) is 0 Å². The van der Waals surface area contributed by atoms with Crippen LogP contribution in [0.3, 0.4) is 0 Å². The number of benzene rings is 1. The lowest BCUT2D eigenvalue weighted by molar-refractivity contribution is -0.384. The standard InChI is InChI=1S/C14H14N4O5/c19-11(9-1-3-10(4-2-9)18(22)23)17-7-5-14(6-8-17)12(20)15-13(21)16-14/h1-4H,5-8H2,(H2,15,16,20,21). The van der Waals surface area contributed by atoms with E-state index in [9.17, 15) is 24.5 Å². The third kappa shape index (κ3) is 2.60. The highest BCUT2D eigenvalue weighted by Gasteiger charge is 2.48. The molecule has 9 heteroatoms. The number of nitro benzene ring substituents is 1. The second kappa shape index (κ2) is 5.34. The van der Waals surface area contributed by atoms with E-state index >= 15 is 0 Å². The fourth-order valence-corrected chi connectivity index (χ4v) is 2.88. The van der Waals surface area contributed by atoms with Gasteiger partial charge in [0.25, 0.3) is 17.5 Å². The second-order valence-corrected chi connectivity index (χ2v) is 5.59. The maximum atomic E-state index is 12.4. The van der Waals surface area contributed by atoms with Crippen LogP contribution < -0.4 is 10.6 Å². The molecule has 2 heterocycles. The van der Waals surface area contributed by atoms with Gasteiger partial charge in [-0.25, -0.2) is 4.79 Å². The van der Waals surface area contributed by atoms with Crippen molar-refractivity contribution < 1.29 is 19.3 Å². The van der Waals surface area contributed by atoms with Crippen LogP contribution >= 0.6 is 0 Å². The van der Waals surface area contributed by atoms with E-state index in [0.29, 0.717) is 31.5 Å². The Morgan fingerprint density at radius 1 is 1.17 bits per heavy atom. The third-order valence-corrected chi connectivity index (χ3v) is 4.24. The number of rotatable bonds is 2. The maximum Gasteiger partial charge on any atom is 0.322 e. The van der Waals surface area contributed by atoms with Crippen molar-refractivity contribution in [3.8, 4) is 0 Å². The molecule has 3 rings (SSSR count). The summed E-state index contributed by atoms with van der Waals surface area (Å²) in [5.41, 5.74) is -0.653. The lowest BCUT2D eigenvalue weighted by Gasteiger charge is -2.37. The smallest absolute Gasteiger partial charge is 0.322 e. The first-order valence-electron chi connectivity index (χ1n) is 7.09. The van der Waals surface area contributed by atoms with E-state index in [2.05, 4.69) is 10.6 Å². The van der Waals surface area contributed by atoms with E-state index in [4.69, 9.17) is 0 Å². The van der Waals surface area contributed by atoms with Crippen LogP contribution in [0.25, 0.3) is 0 Å². The molecule has 1 aromatic rings. The maximum absolute atomic E-state index is 12.4. The summed E-state index contributed by atoms with van der Waals surface area (Å²) in [6.07, 6.45) is 0.673. The Morgan fingerprint density at radius 3 is 2.26 bits per heavy atom. The molecular formula is C14H14N4O5. The van der Waals surface area contributed by atoms with Crippen LogP contribution in [0, 0.1) is 10.1 Å². The molecule has 0 saturated carbocycles. The van der Waals surface area contributed by atoms with E-state index in [1.807, 2.05) is 0 Å². The van der Waals surface area contributed by atoms with Crippen LogP contribution in [0.1, 0.15) is 23.2 Å². The fourth-order valence-electron chi connectivity index (χ4n) is 2.88. The molecule has 0 radical (unpaired) electrons. The number of nitrogens with zero attached hydrogens (tertiary/aromatic N) is 2. The highest BCUT2D eigenvalue weighted by molar-refractivity contribution is 6.07. The van der Waals surface area contributed by atoms with Gasteiger partial charge in [-0.15, -0.1) is 0 Å². The molecule has 1 aromatic carbocycles. The number of urea groups is 1. The Hall–Kier alpha value is -2.97. The molecule has 1 spiro atoms. The summed E-state index contributed by atoms with van der Waals surface area (Å²) < 4.78 is 0. The topological polar surface area (TPSA) is 122 Å².